The van der Waals surface area contributed by atoms with Crippen molar-refractivity contribution in [2.24, 2.45) is 0 Å². The van der Waals surface area contributed by atoms with Crippen LogP contribution in [-0.4, -0.2) is 46.8 Å². The monoisotopic (exact) mass is 278 g/mol. The number of nitrogens with zero attached hydrogens (tertiary/aromatic N) is 4. The van der Waals surface area contributed by atoms with Gasteiger partial charge >= 0.3 is 11.7 Å². The van der Waals surface area contributed by atoms with Crippen molar-refractivity contribution in [1.29, 1.82) is 5.26 Å². The molecule has 1 saturated heterocycles. The molecule has 9 heteroatoms. The first-order chi connectivity index (χ1) is 9.52. The van der Waals surface area contributed by atoms with Crippen LogP contribution in [0.25, 0.3) is 0 Å². The van der Waals surface area contributed by atoms with Crippen molar-refractivity contribution >= 4 is 17.5 Å². The summed E-state index contributed by atoms with van der Waals surface area (Å²) < 4.78 is 5.07. The number of anilines is 1. The maximum absolute atomic E-state index is 10.9. The second kappa shape index (κ2) is 5.50. The van der Waals surface area contributed by atoms with Gasteiger partial charge in [-0.05, 0) is 6.07 Å². The van der Waals surface area contributed by atoms with Crippen LogP contribution in [0.4, 0.5) is 11.5 Å². The summed E-state index contributed by atoms with van der Waals surface area (Å²) >= 11 is 0. The van der Waals surface area contributed by atoms with Crippen molar-refractivity contribution in [1.82, 2.24) is 4.98 Å². The van der Waals surface area contributed by atoms with E-state index >= 15 is 0 Å². The van der Waals surface area contributed by atoms with E-state index in [0.717, 1.165) is 0 Å². The molecule has 9 nitrogen and oxygen atoms in total. The van der Waals surface area contributed by atoms with Gasteiger partial charge in [0.1, 0.15) is 11.9 Å². The molecule has 1 unspecified atom stereocenters. The van der Waals surface area contributed by atoms with Crippen LogP contribution in [0.15, 0.2) is 12.1 Å². The average molecular weight is 278 g/mol. The van der Waals surface area contributed by atoms with E-state index in [9.17, 15) is 14.9 Å². The molecule has 0 amide bonds. The Balaban J connectivity index is 2.27. The van der Waals surface area contributed by atoms with E-state index in [2.05, 4.69) is 4.98 Å². The largest absolute Gasteiger partial charge is 0.479 e. The lowest BCUT2D eigenvalue weighted by molar-refractivity contribution is -0.385. The second-order valence-corrected chi connectivity index (χ2v) is 4.05. The Morgan fingerprint density at radius 1 is 1.65 bits per heavy atom. The number of morpholine rings is 1. The maximum atomic E-state index is 10.9. The van der Waals surface area contributed by atoms with Crippen LogP contribution in [0.5, 0.6) is 0 Å². The zero-order valence-corrected chi connectivity index (χ0v) is 10.2. The SMILES string of the molecule is N#Cc1nc(N2CCOC(C(=O)O)C2)ccc1[N+](=O)[O-]. The molecule has 1 aromatic rings. The number of aromatic nitrogens is 1. The van der Waals surface area contributed by atoms with E-state index in [1.54, 1.807) is 11.0 Å². The minimum Gasteiger partial charge on any atom is -0.479 e. The van der Waals surface area contributed by atoms with Gasteiger partial charge in [0.15, 0.2) is 6.10 Å². The van der Waals surface area contributed by atoms with Gasteiger partial charge in [-0.15, -0.1) is 0 Å². The first-order valence-electron chi connectivity index (χ1n) is 5.68. The van der Waals surface area contributed by atoms with Crippen molar-refractivity contribution in [3.63, 3.8) is 0 Å². The molecule has 20 heavy (non-hydrogen) atoms. The zero-order valence-electron chi connectivity index (χ0n) is 10.2. The highest BCUT2D eigenvalue weighted by Gasteiger charge is 2.28. The van der Waals surface area contributed by atoms with E-state index in [4.69, 9.17) is 15.1 Å². The summed E-state index contributed by atoms with van der Waals surface area (Å²) in [7, 11) is 0. The van der Waals surface area contributed by atoms with E-state index in [1.807, 2.05) is 0 Å². The Morgan fingerprint density at radius 2 is 2.40 bits per heavy atom. The van der Waals surface area contributed by atoms with Gasteiger partial charge < -0.3 is 14.7 Å². The molecule has 1 N–H and O–H groups in total. The topological polar surface area (TPSA) is 130 Å². The summed E-state index contributed by atoms with van der Waals surface area (Å²) in [5.74, 6) is -0.765. The third-order valence-electron chi connectivity index (χ3n) is 2.83. The molecule has 0 bridgehead atoms. The maximum Gasteiger partial charge on any atom is 0.334 e. The molecular formula is C11H10N4O5. The smallest absolute Gasteiger partial charge is 0.334 e. The number of ether oxygens (including phenoxy) is 1. The molecule has 104 valence electrons. The van der Waals surface area contributed by atoms with Crippen LogP contribution in [-0.2, 0) is 9.53 Å². The lowest BCUT2D eigenvalue weighted by Crippen LogP contribution is -2.46. The van der Waals surface area contributed by atoms with Crippen LogP contribution in [0, 0.1) is 21.4 Å². The highest BCUT2D eigenvalue weighted by atomic mass is 16.6. The van der Waals surface area contributed by atoms with Crippen LogP contribution in [0.3, 0.4) is 0 Å². The number of carboxylic acid groups (broad SMARTS) is 1. The summed E-state index contributed by atoms with van der Waals surface area (Å²) in [4.78, 5) is 26.4. The lowest BCUT2D eigenvalue weighted by atomic mass is 10.2. The summed E-state index contributed by atoms with van der Waals surface area (Å²) in [5.41, 5.74) is -0.676. The molecule has 1 aliphatic heterocycles. The van der Waals surface area contributed by atoms with E-state index in [1.165, 1.54) is 12.1 Å². The van der Waals surface area contributed by atoms with Crippen molar-refractivity contribution in [2.75, 3.05) is 24.6 Å². The minimum atomic E-state index is -1.09. The summed E-state index contributed by atoms with van der Waals surface area (Å²) in [5, 5.41) is 28.5. The molecular weight excluding hydrogens is 268 g/mol. The summed E-state index contributed by atoms with van der Waals surface area (Å²) in [6.07, 6.45) is -0.980. The van der Waals surface area contributed by atoms with Gasteiger partial charge in [-0.2, -0.15) is 5.26 Å². The fourth-order valence-electron chi connectivity index (χ4n) is 1.85. The predicted octanol–water partition coefficient (Wildman–Crippen LogP) is 0.151. The molecule has 1 aliphatic rings. The third-order valence-corrected chi connectivity index (χ3v) is 2.83. The number of aliphatic carboxylic acids is 1. The fraction of sp³-hybridized carbons (Fsp3) is 0.364. The highest BCUT2D eigenvalue weighted by molar-refractivity contribution is 5.73. The molecule has 0 aromatic carbocycles. The predicted molar refractivity (Wildman–Crippen MR) is 65.2 cm³/mol. The minimum absolute atomic E-state index is 0.0744. The molecule has 2 heterocycles. The molecule has 0 aliphatic carbocycles. The number of nitro groups is 1. The number of hydrogen-bond acceptors (Lipinski definition) is 7. The van der Waals surface area contributed by atoms with E-state index in [-0.39, 0.29) is 24.5 Å². The van der Waals surface area contributed by atoms with Gasteiger partial charge in [0, 0.05) is 12.6 Å². The molecule has 0 saturated carbocycles. The lowest BCUT2D eigenvalue weighted by Gasteiger charge is -2.31. The van der Waals surface area contributed by atoms with Crippen molar-refractivity contribution in [3.8, 4) is 6.07 Å². The number of rotatable bonds is 3. The number of hydrogen-bond donors (Lipinski definition) is 1. The average Bonchev–Trinajstić information content (AvgIpc) is 2.46. The van der Waals surface area contributed by atoms with Gasteiger partial charge in [0.05, 0.1) is 18.1 Å². The quantitative estimate of drug-likeness (QED) is 0.610. The Morgan fingerprint density at radius 3 is 3.00 bits per heavy atom. The molecule has 2 rings (SSSR count). The van der Waals surface area contributed by atoms with Crippen molar-refractivity contribution in [3.05, 3.63) is 27.9 Å². The van der Waals surface area contributed by atoms with E-state index < -0.39 is 17.0 Å². The molecule has 1 fully saturated rings. The third kappa shape index (κ3) is 2.65. The Hall–Kier alpha value is -2.73. The standard InChI is InChI=1S/C11H10N4O5/c12-5-7-8(15(18)19)1-2-10(13-7)14-3-4-20-9(6-14)11(16)17/h1-2,9H,3-4,6H2,(H,16,17). The summed E-state index contributed by atoms with van der Waals surface area (Å²) in [6, 6.07) is 4.24. The number of carbonyl (C=O) groups is 1. The van der Waals surface area contributed by atoms with Crippen LogP contribution >= 0.6 is 0 Å². The van der Waals surface area contributed by atoms with Crippen LogP contribution < -0.4 is 4.90 Å². The Kier molecular flexibility index (Phi) is 3.76. The van der Waals surface area contributed by atoms with Gasteiger partial charge in [0.25, 0.3) is 0 Å². The first-order valence-corrected chi connectivity index (χ1v) is 5.68. The van der Waals surface area contributed by atoms with Gasteiger partial charge in [0.2, 0.25) is 5.69 Å². The van der Waals surface area contributed by atoms with Crippen LogP contribution in [0.1, 0.15) is 5.69 Å². The van der Waals surface area contributed by atoms with Gasteiger partial charge in [-0.3, -0.25) is 10.1 Å². The molecule has 0 radical (unpaired) electrons. The molecule has 1 aromatic heterocycles. The Labute approximate surface area is 113 Å². The number of pyridine rings is 1. The van der Waals surface area contributed by atoms with Gasteiger partial charge in [-0.25, -0.2) is 9.78 Å². The number of carboxylic acids is 1. The van der Waals surface area contributed by atoms with Crippen molar-refractivity contribution in [2.45, 2.75) is 6.10 Å². The normalized spacial score (nSPS) is 18.4. The molecule has 1 atom stereocenters. The molecule has 0 spiro atoms. The van der Waals surface area contributed by atoms with Crippen LogP contribution in [0.2, 0.25) is 0 Å². The highest BCUT2D eigenvalue weighted by Crippen LogP contribution is 2.22. The summed E-state index contributed by atoms with van der Waals surface area (Å²) in [6.45, 7) is 0.683. The van der Waals surface area contributed by atoms with Gasteiger partial charge in [-0.1, -0.05) is 0 Å². The second-order valence-electron chi connectivity index (χ2n) is 4.05. The van der Waals surface area contributed by atoms with Crippen molar-refractivity contribution < 1.29 is 19.6 Å². The zero-order chi connectivity index (χ0) is 14.7. The first kappa shape index (κ1) is 13.7. The van der Waals surface area contributed by atoms with E-state index in [0.29, 0.717) is 12.4 Å². The fourth-order valence-corrected chi connectivity index (χ4v) is 1.85. The number of nitriles is 1. The Bertz CT molecular complexity index is 597.